The van der Waals surface area contributed by atoms with Crippen LogP contribution in [0.1, 0.15) is 11.1 Å². The van der Waals surface area contributed by atoms with E-state index in [4.69, 9.17) is 0 Å². The van der Waals surface area contributed by atoms with E-state index < -0.39 is 21.9 Å². The van der Waals surface area contributed by atoms with Gasteiger partial charge in [0.2, 0.25) is 0 Å². The molecule has 7 heteroatoms. The highest BCUT2D eigenvalue weighted by molar-refractivity contribution is 5.24. The monoisotopic (exact) mass is 261 g/mol. The normalized spacial score (nSPS) is 10.4. The fraction of sp³-hybridized carbons (Fsp3) is 0.167. The summed E-state index contributed by atoms with van der Waals surface area (Å²) in [5.74, 6) is 0. The Morgan fingerprint density at radius 1 is 1.37 bits per heavy atom. The third-order valence-electron chi connectivity index (χ3n) is 2.62. The minimum atomic E-state index is -0.990. The summed E-state index contributed by atoms with van der Waals surface area (Å²) in [5.41, 5.74) is -0.465. The molecule has 0 aliphatic rings. The molecule has 0 saturated heterocycles. The average Bonchev–Trinajstić information content (AvgIpc) is 2.32. The van der Waals surface area contributed by atoms with Crippen molar-refractivity contribution in [1.82, 2.24) is 9.55 Å². The fourth-order valence-corrected chi connectivity index (χ4v) is 1.75. The quantitative estimate of drug-likeness (QED) is 0.652. The molecular formula is C12H11N3O4. The number of aromatic amines is 1. The molecule has 19 heavy (non-hydrogen) atoms. The maximum atomic E-state index is 11.6. The SMILES string of the molecule is Cc1cccc(Cn2cc([N+](=O)[O-])c(=O)[nH]c2=O)c1. The highest BCUT2D eigenvalue weighted by Crippen LogP contribution is 2.06. The molecule has 0 spiro atoms. The zero-order valence-electron chi connectivity index (χ0n) is 10.1. The summed E-state index contributed by atoms with van der Waals surface area (Å²) in [6.07, 6.45) is 0.962. The van der Waals surface area contributed by atoms with E-state index in [1.54, 1.807) is 6.07 Å². The number of nitro groups is 1. The predicted octanol–water partition coefficient (Wildman–Crippen LogP) is 0.802. The van der Waals surface area contributed by atoms with Gasteiger partial charge in [0.05, 0.1) is 17.7 Å². The minimum Gasteiger partial charge on any atom is -0.289 e. The van der Waals surface area contributed by atoms with Gasteiger partial charge in [-0.25, -0.2) is 4.79 Å². The summed E-state index contributed by atoms with van der Waals surface area (Å²) in [6.45, 7) is 2.07. The van der Waals surface area contributed by atoms with E-state index in [1.165, 1.54) is 0 Å². The summed E-state index contributed by atoms with van der Waals surface area (Å²) < 4.78 is 1.11. The van der Waals surface area contributed by atoms with Gasteiger partial charge in [-0.2, -0.15) is 0 Å². The molecule has 0 radical (unpaired) electrons. The molecule has 0 aliphatic carbocycles. The summed E-state index contributed by atoms with van der Waals surface area (Å²) in [4.78, 5) is 34.6. The number of nitrogens with zero attached hydrogens (tertiary/aromatic N) is 2. The van der Waals surface area contributed by atoms with Crippen molar-refractivity contribution in [1.29, 1.82) is 0 Å². The van der Waals surface area contributed by atoms with E-state index in [9.17, 15) is 19.7 Å². The highest BCUT2D eigenvalue weighted by atomic mass is 16.6. The third kappa shape index (κ3) is 2.76. The Morgan fingerprint density at radius 3 is 2.74 bits per heavy atom. The number of H-pyrrole nitrogens is 1. The van der Waals surface area contributed by atoms with Crippen molar-refractivity contribution in [2.24, 2.45) is 0 Å². The van der Waals surface area contributed by atoms with Crippen molar-refractivity contribution in [3.63, 3.8) is 0 Å². The lowest BCUT2D eigenvalue weighted by Gasteiger charge is -2.05. The van der Waals surface area contributed by atoms with Crippen molar-refractivity contribution >= 4 is 5.69 Å². The van der Waals surface area contributed by atoms with Gasteiger partial charge in [-0.05, 0) is 12.5 Å². The number of benzene rings is 1. The predicted molar refractivity (Wildman–Crippen MR) is 68.3 cm³/mol. The zero-order valence-corrected chi connectivity index (χ0v) is 10.1. The minimum absolute atomic E-state index is 0.165. The average molecular weight is 261 g/mol. The number of rotatable bonds is 3. The van der Waals surface area contributed by atoms with Crippen LogP contribution in [-0.4, -0.2) is 14.5 Å². The maximum Gasteiger partial charge on any atom is 0.350 e. The molecule has 0 saturated carbocycles. The van der Waals surface area contributed by atoms with Crippen LogP contribution in [0.25, 0.3) is 0 Å². The summed E-state index contributed by atoms with van der Waals surface area (Å²) in [7, 11) is 0. The van der Waals surface area contributed by atoms with Crippen LogP contribution in [0, 0.1) is 17.0 Å². The number of hydrogen-bond donors (Lipinski definition) is 1. The summed E-state index contributed by atoms with van der Waals surface area (Å²) >= 11 is 0. The molecule has 2 aromatic rings. The van der Waals surface area contributed by atoms with Gasteiger partial charge in [0.15, 0.2) is 0 Å². The van der Waals surface area contributed by atoms with Crippen LogP contribution >= 0.6 is 0 Å². The topological polar surface area (TPSA) is 98.0 Å². The van der Waals surface area contributed by atoms with Crippen LogP contribution in [0.5, 0.6) is 0 Å². The first kappa shape index (κ1) is 12.7. The van der Waals surface area contributed by atoms with Crippen molar-refractivity contribution in [2.75, 3.05) is 0 Å². The van der Waals surface area contributed by atoms with Crippen LogP contribution < -0.4 is 11.2 Å². The first-order valence-electron chi connectivity index (χ1n) is 5.51. The van der Waals surface area contributed by atoms with Crippen molar-refractivity contribution in [3.05, 3.63) is 72.5 Å². The Hall–Kier alpha value is -2.70. The van der Waals surface area contributed by atoms with Gasteiger partial charge in [-0.3, -0.25) is 24.5 Å². The van der Waals surface area contributed by atoms with E-state index >= 15 is 0 Å². The van der Waals surface area contributed by atoms with Crippen LogP contribution in [0.4, 0.5) is 5.69 Å². The standard InChI is InChI=1S/C12H11N3O4/c1-8-3-2-4-9(5-8)6-14-7-10(15(18)19)11(16)13-12(14)17/h2-5,7H,6H2,1H3,(H,13,16,17). The highest BCUT2D eigenvalue weighted by Gasteiger charge is 2.14. The van der Waals surface area contributed by atoms with Gasteiger partial charge in [0.1, 0.15) is 0 Å². The molecule has 0 bridgehead atoms. The molecule has 0 atom stereocenters. The van der Waals surface area contributed by atoms with E-state index in [2.05, 4.69) is 0 Å². The van der Waals surface area contributed by atoms with Crippen molar-refractivity contribution < 1.29 is 4.92 Å². The number of aromatic nitrogens is 2. The van der Waals surface area contributed by atoms with Crippen LogP contribution in [0.15, 0.2) is 40.1 Å². The maximum absolute atomic E-state index is 11.6. The lowest BCUT2D eigenvalue weighted by molar-refractivity contribution is -0.386. The Labute approximate surface area is 107 Å². The molecule has 0 unspecified atom stereocenters. The molecule has 1 aromatic heterocycles. The molecule has 0 amide bonds. The summed E-state index contributed by atoms with van der Waals surface area (Å²) in [6, 6.07) is 7.40. The Kier molecular flexibility index (Phi) is 3.28. The molecule has 0 fully saturated rings. The molecule has 1 heterocycles. The second-order valence-corrected chi connectivity index (χ2v) is 4.15. The van der Waals surface area contributed by atoms with Gasteiger partial charge >= 0.3 is 16.9 Å². The third-order valence-corrected chi connectivity index (χ3v) is 2.62. The number of aryl methyl sites for hydroxylation is 1. The lowest BCUT2D eigenvalue weighted by atomic mass is 10.1. The van der Waals surface area contributed by atoms with Gasteiger partial charge in [-0.15, -0.1) is 0 Å². The first-order chi connectivity index (χ1) is 8.97. The Bertz CT molecular complexity index is 745. The molecule has 98 valence electrons. The van der Waals surface area contributed by atoms with Gasteiger partial charge in [0, 0.05) is 0 Å². The van der Waals surface area contributed by atoms with E-state index in [0.29, 0.717) is 0 Å². The molecule has 2 rings (SSSR count). The Morgan fingerprint density at radius 2 is 2.11 bits per heavy atom. The van der Waals surface area contributed by atoms with E-state index in [0.717, 1.165) is 21.9 Å². The van der Waals surface area contributed by atoms with Crippen LogP contribution in [0.2, 0.25) is 0 Å². The fourth-order valence-electron chi connectivity index (χ4n) is 1.75. The molecule has 1 aromatic carbocycles. The second kappa shape index (κ2) is 4.89. The van der Waals surface area contributed by atoms with Crippen LogP contribution in [0.3, 0.4) is 0 Å². The number of hydrogen-bond acceptors (Lipinski definition) is 4. The Balaban J connectivity index is 2.46. The smallest absolute Gasteiger partial charge is 0.289 e. The van der Waals surface area contributed by atoms with E-state index in [-0.39, 0.29) is 6.54 Å². The van der Waals surface area contributed by atoms with Gasteiger partial charge in [-0.1, -0.05) is 29.8 Å². The second-order valence-electron chi connectivity index (χ2n) is 4.15. The van der Waals surface area contributed by atoms with Crippen LogP contribution in [-0.2, 0) is 6.54 Å². The van der Waals surface area contributed by atoms with E-state index in [1.807, 2.05) is 30.1 Å². The van der Waals surface area contributed by atoms with Crippen molar-refractivity contribution in [3.8, 4) is 0 Å². The molecule has 0 aliphatic heterocycles. The molecule has 7 nitrogen and oxygen atoms in total. The first-order valence-corrected chi connectivity index (χ1v) is 5.51. The van der Waals surface area contributed by atoms with Gasteiger partial charge in [0.25, 0.3) is 0 Å². The molecular weight excluding hydrogens is 250 g/mol. The van der Waals surface area contributed by atoms with Crippen molar-refractivity contribution in [2.45, 2.75) is 13.5 Å². The lowest BCUT2D eigenvalue weighted by Crippen LogP contribution is -2.31. The largest absolute Gasteiger partial charge is 0.350 e. The number of nitrogens with one attached hydrogen (secondary N) is 1. The van der Waals surface area contributed by atoms with Gasteiger partial charge < -0.3 is 0 Å². The summed E-state index contributed by atoms with van der Waals surface area (Å²) in [5, 5.41) is 10.7. The molecule has 1 N–H and O–H groups in total. The zero-order chi connectivity index (χ0) is 14.0.